The minimum Gasteiger partial charge on any atom is -0.220 e. The van der Waals surface area contributed by atoms with Gasteiger partial charge in [0.05, 0.1) is 11.2 Å². The Kier molecular flexibility index (Phi) is 3.16. The summed E-state index contributed by atoms with van der Waals surface area (Å²) in [5.41, 5.74) is 2.31. The maximum Gasteiger partial charge on any atom is 0.253 e. The van der Waals surface area contributed by atoms with Crippen LogP contribution < -0.4 is 0 Å². The molecule has 0 aliphatic carbocycles. The van der Waals surface area contributed by atoms with Crippen LogP contribution in [-0.2, 0) is 0 Å². The van der Waals surface area contributed by atoms with Crippen molar-refractivity contribution in [2.24, 2.45) is 0 Å². The summed E-state index contributed by atoms with van der Waals surface area (Å²) in [6, 6.07) is 9.74. The highest BCUT2D eigenvalue weighted by Crippen LogP contribution is 2.33. The lowest BCUT2D eigenvalue weighted by atomic mass is 10.2. The van der Waals surface area contributed by atoms with Crippen LogP contribution in [0.25, 0.3) is 22.3 Å². The first-order chi connectivity index (χ1) is 12.2. The molecule has 0 aliphatic heterocycles. The van der Waals surface area contributed by atoms with Crippen LogP contribution in [0.5, 0.6) is 0 Å². The molecule has 25 heavy (non-hydrogen) atoms. The van der Waals surface area contributed by atoms with E-state index in [1.807, 2.05) is 43.5 Å². The largest absolute Gasteiger partial charge is 0.253 e. The molecule has 0 unspecified atom stereocenters. The summed E-state index contributed by atoms with van der Waals surface area (Å²) in [5.74, 6) is 0.550. The SMILES string of the molecule is Cc1nn2c(nc(Sc3nc4ncccn4n3)c3ccccc32)c1Cl. The summed E-state index contributed by atoms with van der Waals surface area (Å²) in [6.07, 6.45) is 3.50. The lowest BCUT2D eigenvalue weighted by Crippen LogP contribution is -1.96. The highest BCUT2D eigenvalue weighted by Gasteiger charge is 2.17. The number of hydrogen-bond acceptors (Lipinski definition) is 6. The highest BCUT2D eigenvalue weighted by atomic mass is 35.5. The van der Waals surface area contributed by atoms with Gasteiger partial charge in [0, 0.05) is 17.8 Å². The number of aryl methyl sites for hydroxylation is 1. The number of fused-ring (bicyclic) bond motifs is 4. The van der Waals surface area contributed by atoms with Crippen LogP contribution in [0.2, 0.25) is 5.02 Å². The summed E-state index contributed by atoms with van der Waals surface area (Å²) >= 11 is 7.76. The molecule has 1 aromatic carbocycles. The minimum atomic E-state index is 0.550. The van der Waals surface area contributed by atoms with Crippen molar-refractivity contribution >= 4 is 45.7 Å². The molecule has 0 saturated carbocycles. The Balaban J connectivity index is 1.74. The van der Waals surface area contributed by atoms with E-state index in [4.69, 9.17) is 16.6 Å². The number of benzene rings is 1. The van der Waals surface area contributed by atoms with Crippen LogP contribution in [0.4, 0.5) is 0 Å². The number of aromatic nitrogens is 7. The van der Waals surface area contributed by atoms with Crippen LogP contribution in [0.15, 0.2) is 52.9 Å². The number of nitrogens with zero attached hydrogens (tertiary/aromatic N) is 7. The molecule has 0 saturated heterocycles. The molecule has 0 N–H and O–H groups in total. The van der Waals surface area contributed by atoms with Gasteiger partial charge in [-0.25, -0.2) is 19.0 Å². The standard InChI is InChI=1S/C16H10ClN7S/c1-9-12(17)13-19-14(10-5-2-3-6-11(10)24(13)21-9)25-16-20-15-18-7-4-8-23(15)22-16/h2-8H,1H3. The van der Waals surface area contributed by atoms with Crippen LogP contribution in [0.1, 0.15) is 5.69 Å². The van der Waals surface area contributed by atoms with Crippen molar-refractivity contribution in [3.05, 3.63) is 53.4 Å². The third kappa shape index (κ3) is 2.25. The summed E-state index contributed by atoms with van der Waals surface area (Å²) in [6.45, 7) is 1.87. The summed E-state index contributed by atoms with van der Waals surface area (Å²) in [5, 5.41) is 11.8. The van der Waals surface area contributed by atoms with Crippen molar-refractivity contribution in [1.82, 2.24) is 34.2 Å². The second-order valence-electron chi connectivity index (χ2n) is 5.43. The fraction of sp³-hybridized carbons (Fsp3) is 0.0625. The molecule has 4 heterocycles. The topological polar surface area (TPSA) is 73.3 Å². The van der Waals surface area contributed by atoms with Gasteiger partial charge in [-0.3, -0.25) is 0 Å². The lowest BCUT2D eigenvalue weighted by molar-refractivity contribution is 0.877. The van der Waals surface area contributed by atoms with Crippen LogP contribution in [0, 0.1) is 6.92 Å². The molecule has 122 valence electrons. The van der Waals surface area contributed by atoms with Crippen molar-refractivity contribution in [3.8, 4) is 0 Å². The van der Waals surface area contributed by atoms with Crippen molar-refractivity contribution in [2.45, 2.75) is 17.1 Å². The van der Waals surface area contributed by atoms with E-state index < -0.39 is 0 Å². The molecule has 0 radical (unpaired) electrons. The fourth-order valence-corrected chi connectivity index (χ4v) is 3.68. The summed E-state index contributed by atoms with van der Waals surface area (Å²) in [4.78, 5) is 13.3. The number of halogens is 1. The van der Waals surface area contributed by atoms with E-state index in [0.717, 1.165) is 21.6 Å². The van der Waals surface area contributed by atoms with Crippen LogP contribution in [-0.4, -0.2) is 34.2 Å². The van der Waals surface area contributed by atoms with Gasteiger partial charge in [-0.05, 0) is 30.8 Å². The van der Waals surface area contributed by atoms with Crippen molar-refractivity contribution < 1.29 is 0 Å². The van der Waals surface area contributed by atoms with E-state index in [1.165, 1.54) is 11.8 Å². The number of rotatable bonds is 2. The molecular weight excluding hydrogens is 358 g/mol. The van der Waals surface area contributed by atoms with Gasteiger partial charge in [0.25, 0.3) is 5.78 Å². The fourth-order valence-electron chi connectivity index (χ4n) is 2.68. The Labute approximate surface area is 150 Å². The Morgan fingerprint density at radius 2 is 1.96 bits per heavy atom. The maximum atomic E-state index is 6.38. The predicted molar refractivity (Wildman–Crippen MR) is 95.1 cm³/mol. The van der Waals surface area contributed by atoms with Crippen molar-refractivity contribution in [1.29, 1.82) is 0 Å². The van der Waals surface area contributed by atoms with Gasteiger partial charge in [-0.15, -0.1) is 5.10 Å². The summed E-state index contributed by atoms with van der Waals surface area (Å²) in [7, 11) is 0. The van der Waals surface area contributed by atoms with E-state index in [9.17, 15) is 0 Å². The number of para-hydroxylation sites is 1. The Bertz CT molecular complexity index is 1230. The maximum absolute atomic E-state index is 6.38. The number of hydrogen-bond donors (Lipinski definition) is 0. The minimum absolute atomic E-state index is 0.550. The zero-order chi connectivity index (χ0) is 17.0. The van der Waals surface area contributed by atoms with E-state index in [1.54, 1.807) is 15.2 Å². The zero-order valence-electron chi connectivity index (χ0n) is 13.0. The molecule has 4 aromatic heterocycles. The molecule has 0 aliphatic rings. The third-order valence-corrected chi connectivity index (χ3v) is 5.12. The molecular formula is C16H10ClN7S. The van der Waals surface area contributed by atoms with Gasteiger partial charge in [0.15, 0.2) is 5.65 Å². The normalized spacial score (nSPS) is 11.8. The average molecular weight is 368 g/mol. The lowest BCUT2D eigenvalue weighted by Gasteiger charge is -2.05. The van der Waals surface area contributed by atoms with E-state index >= 15 is 0 Å². The monoisotopic (exact) mass is 367 g/mol. The van der Waals surface area contributed by atoms with Gasteiger partial charge >= 0.3 is 0 Å². The second-order valence-corrected chi connectivity index (χ2v) is 6.76. The molecule has 0 fully saturated rings. The van der Waals surface area contributed by atoms with Gasteiger partial charge in [-0.1, -0.05) is 29.8 Å². The van der Waals surface area contributed by atoms with Crippen molar-refractivity contribution in [2.75, 3.05) is 0 Å². The van der Waals surface area contributed by atoms with E-state index in [2.05, 4.69) is 20.2 Å². The Hall–Kier alpha value is -2.71. The zero-order valence-corrected chi connectivity index (χ0v) is 14.5. The second kappa shape index (κ2) is 5.40. The predicted octanol–water partition coefficient (Wildman–Crippen LogP) is 3.43. The Morgan fingerprint density at radius 3 is 2.84 bits per heavy atom. The molecule has 0 spiro atoms. The van der Waals surface area contributed by atoms with Gasteiger partial charge in [0.2, 0.25) is 5.16 Å². The quantitative estimate of drug-likeness (QED) is 0.445. The molecule has 5 aromatic rings. The molecule has 9 heteroatoms. The van der Waals surface area contributed by atoms with Gasteiger partial charge < -0.3 is 0 Å². The molecule has 7 nitrogen and oxygen atoms in total. The average Bonchev–Trinajstić information content (AvgIpc) is 3.17. The van der Waals surface area contributed by atoms with Gasteiger partial charge in [-0.2, -0.15) is 10.1 Å². The van der Waals surface area contributed by atoms with E-state index in [0.29, 0.717) is 21.6 Å². The third-order valence-electron chi connectivity index (χ3n) is 3.82. The molecule has 0 atom stereocenters. The Morgan fingerprint density at radius 1 is 1.08 bits per heavy atom. The van der Waals surface area contributed by atoms with Crippen LogP contribution >= 0.6 is 23.4 Å². The van der Waals surface area contributed by atoms with Gasteiger partial charge in [0.1, 0.15) is 10.0 Å². The smallest absolute Gasteiger partial charge is 0.220 e. The molecule has 5 rings (SSSR count). The summed E-state index contributed by atoms with van der Waals surface area (Å²) < 4.78 is 3.41. The van der Waals surface area contributed by atoms with Crippen LogP contribution in [0.3, 0.4) is 0 Å². The first-order valence-electron chi connectivity index (χ1n) is 7.49. The first kappa shape index (κ1) is 14.6. The molecule has 0 bridgehead atoms. The molecule has 0 amide bonds. The first-order valence-corrected chi connectivity index (χ1v) is 8.69. The van der Waals surface area contributed by atoms with E-state index in [-0.39, 0.29) is 0 Å². The highest BCUT2D eigenvalue weighted by molar-refractivity contribution is 7.99. The van der Waals surface area contributed by atoms with Crippen molar-refractivity contribution in [3.63, 3.8) is 0 Å².